The fraction of sp³-hybridized carbons (Fsp3) is 0.308. The van der Waals surface area contributed by atoms with Gasteiger partial charge in [0.15, 0.2) is 0 Å². The molecule has 3 N–H and O–H groups in total. The van der Waals surface area contributed by atoms with Gasteiger partial charge in [0.1, 0.15) is 17.3 Å². The van der Waals surface area contributed by atoms with Crippen molar-refractivity contribution in [2.75, 3.05) is 11.9 Å². The van der Waals surface area contributed by atoms with Crippen LogP contribution in [-0.4, -0.2) is 28.9 Å². The largest absolute Gasteiger partial charge is 0.382 e. The van der Waals surface area contributed by atoms with E-state index in [9.17, 15) is 0 Å². The molecule has 1 unspecified atom stereocenters. The van der Waals surface area contributed by atoms with Crippen molar-refractivity contribution >= 4 is 23.0 Å². The van der Waals surface area contributed by atoms with E-state index in [0.29, 0.717) is 11.7 Å². The maximum Gasteiger partial charge on any atom is 0.147 e. The van der Waals surface area contributed by atoms with Gasteiger partial charge in [0.25, 0.3) is 0 Å². The summed E-state index contributed by atoms with van der Waals surface area (Å²) >= 11 is 1.76. The van der Waals surface area contributed by atoms with Crippen molar-refractivity contribution in [3.8, 4) is 0 Å². The lowest BCUT2D eigenvalue weighted by molar-refractivity contribution is 0.678. The van der Waals surface area contributed by atoms with Gasteiger partial charge in [-0.3, -0.25) is 5.41 Å². The fourth-order valence-electron chi connectivity index (χ4n) is 1.73. The molecule has 0 spiro atoms. The average Bonchev–Trinajstić information content (AvgIpc) is 2.90. The SMILES string of the molecule is CC(Cc1cccs1)N(C)c1cnc(C(=N)N)cn1. The van der Waals surface area contributed by atoms with Crippen LogP contribution in [-0.2, 0) is 6.42 Å². The van der Waals surface area contributed by atoms with Gasteiger partial charge < -0.3 is 10.6 Å². The Balaban J connectivity index is 2.06. The van der Waals surface area contributed by atoms with Gasteiger partial charge in [-0.15, -0.1) is 11.3 Å². The molecule has 0 fully saturated rings. The second-order valence-corrected chi connectivity index (χ2v) is 5.45. The summed E-state index contributed by atoms with van der Waals surface area (Å²) in [6.07, 6.45) is 4.16. The molecule has 0 saturated carbocycles. The third kappa shape index (κ3) is 3.29. The molecule has 0 aliphatic heterocycles. The number of nitrogens with two attached hydrogens (primary N) is 1. The molecule has 2 aromatic heterocycles. The highest BCUT2D eigenvalue weighted by Gasteiger charge is 2.13. The highest BCUT2D eigenvalue weighted by molar-refractivity contribution is 7.09. The Labute approximate surface area is 116 Å². The molecule has 0 aliphatic carbocycles. The summed E-state index contributed by atoms with van der Waals surface area (Å²) in [5.41, 5.74) is 5.76. The third-order valence-corrected chi connectivity index (χ3v) is 3.91. The Morgan fingerprint density at radius 1 is 1.47 bits per heavy atom. The third-order valence-electron chi connectivity index (χ3n) is 3.01. The number of amidine groups is 1. The maximum absolute atomic E-state index is 7.29. The first kappa shape index (κ1) is 13.5. The molecule has 0 radical (unpaired) electrons. The topological polar surface area (TPSA) is 78.9 Å². The Morgan fingerprint density at radius 2 is 2.26 bits per heavy atom. The van der Waals surface area contributed by atoms with Crippen molar-refractivity contribution in [1.82, 2.24) is 9.97 Å². The minimum Gasteiger partial charge on any atom is -0.382 e. The summed E-state index contributed by atoms with van der Waals surface area (Å²) in [7, 11) is 2.00. The number of nitrogens with one attached hydrogen (secondary N) is 1. The van der Waals surface area contributed by atoms with Gasteiger partial charge >= 0.3 is 0 Å². The van der Waals surface area contributed by atoms with Crippen LogP contribution in [0.3, 0.4) is 0 Å². The van der Waals surface area contributed by atoms with E-state index >= 15 is 0 Å². The molecule has 0 bridgehead atoms. The first-order valence-electron chi connectivity index (χ1n) is 5.99. The zero-order chi connectivity index (χ0) is 13.8. The number of hydrogen-bond acceptors (Lipinski definition) is 5. The van der Waals surface area contributed by atoms with Crippen molar-refractivity contribution in [2.24, 2.45) is 5.73 Å². The number of anilines is 1. The van der Waals surface area contributed by atoms with Crippen molar-refractivity contribution < 1.29 is 0 Å². The smallest absolute Gasteiger partial charge is 0.147 e. The zero-order valence-corrected chi connectivity index (χ0v) is 11.8. The van der Waals surface area contributed by atoms with E-state index < -0.39 is 0 Å². The quantitative estimate of drug-likeness (QED) is 0.645. The van der Waals surface area contributed by atoms with Crippen molar-refractivity contribution in [3.63, 3.8) is 0 Å². The summed E-state index contributed by atoms with van der Waals surface area (Å²) < 4.78 is 0. The van der Waals surface area contributed by atoms with Gasteiger partial charge in [0.2, 0.25) is 0 Å². The lowest BCUT2D eigenvalue weighted by Crippen LogP contribution is -2.31. The number of rotatable bonds is 5. The Bertz CT molecular complexity index is 535. The second kappa shape index (κ2) is 5.79. The maximum atomic E-state index is 7.29. The van der Waals surface area contributed by atoms with Crippen LogP contribution in [0.25, 0.3) is 0 Å². The van der Waals surface area contributed by atoms with Gasteiger partial charge in [-0.05, 0) is 18.4 Å². The zero-order valence-electron chi connectivity index (χ0n) is 11.0. The number of hydrogen-bond donors (Lipinski definition) is 2. The number of nitrogens with zero attached hydrogens (tertiary/aromatic N) is 3. The molecule has 19 heavy (non-hydrogen) atoms. The van der Waals surface area contributed by atoms with E-state index in [-0.39, 0.29) is 5.84 Å². The minimum absolute atomic E-state index is 0.0617. The van der Waals surface area contributed by atoms with E-state index in [1.165, 1.54) is 11.1 Å². The molecule has 6 heteroatoms. The van der Waals surface area contributed by atoms with Crippen molar-refractivity contribution in [3.05, 3.63) is 40.5 Å². The van der Waals surface area contributed by atoms with E-state index in [4.69, 9.17) is 11.1 Å². The molecule has 2 rings (SSSR count). The fourth-order valence-corrected chi connectivity index (χ4v) is 2.55. The molecule has 0 aromatic carbocycles. The molecule has 1 atom stereocenters. The van der Waals surface area contributed by atoms with Crippen LogP contribution in [0.5, 0.6) is 0 Å². The van der Waals surface area contributed by atoms with Crippen LogP contribution in [0.15, 0.2) is 29.9 Å². The lowest BCUT2D eigenvalue weighted by atomic mass is 10.2. The second-order valence-electron chi connectivity index (χ2n) is 4.42. The number of aromatic nitrogens is 2. The Morgan fingerprint density at radius 3 is 2.79 bits per heavy atom. The van der Waals surface area contributed by atoms with Crippen LogP contribution in [0, 0.1) is 5.41 Å². The predicted molar refractivity (Wildman–Crippen MR) is 78.9 cm³/mol. The van der Waals surface area contributed by atoms with Gasteiger partial charge in [-0.1, -0.05) is 6.07 Å². The summed E-state index contributed by atoms with van der Waals surface area (Å²) in [5, 5.41) is 9.38. The first-order valence-corrected chi connectivity index (χ1v) is 6.87. The normalized spacial score (nSPS) is 12.1. The standard InChI is InChI=1S/C13H17N5S/c1-9(6-10-4-3-5-19-10)18(2)12-8-16-11(7-17-12)13(14)15/h3-5,7-9H,6H2,1-2H3,(H3,14,15). The van der Waals surface area contributed by atoms with Crippen molar-refractivity contribution in [2.45, 2.75) is 19.4 Å². The highest BCUT2D eigenvalue weighted by atomic mass is 32.1. The monoisotopic (exact) mass is 275 g/mol. The molecule has 0 saturated heterocycles. The molecular weight excluding hydrogens is 258 g/mol. The van der Waals surface area contributed by atoms with Crippen LogP contribution < -0.4 is 10.6 Å². The van der Waals surface area contributed by atoms with Crippen LogP contribution in [0.4, 0.5) is 5.82 Å². The van der Waals surface area contributed by atoms with E-state index in [1.807, 2.05) is 7.05 Å². The number of likely N-dealkylation sites (N-methyl/N-ethyl adjacent to an activating group) is 1. The minimum atomic E-state index is -0.0617. The average molecular weight is 275 g/mol. The molecule has 2 aromatic rings. The molecular formula is C13H17N5S. The Hall–Kier alpha value is -1.95. The van der Waals surface area contributed by atoms with E-state index in [2.05, 4.69) is 39.3 Å². The van der Waals surface area contributed by atoms with E-state index in [1.54, 1.807) is 17.5 Å². The molecule has 2 heterocycles. The van der Waals surface area contributed by atoms with Crippen LogP contribution >= 0.6 is 11.3 Å². The molecule has 5 nitrogen and oxygen atoms in total. The summed E-state index contributed by atoms with van der Waals surface area (Å²) in [5.74, 6) is 0.724. The summed E-state index contributed by atoms with van der Waals surface area (Å²) in [6.45, 7) is 2.15. The molecule has 0 aliphatic rings. The van der Waals surface area contributed by atoms with Gasteiger partial charge in [-0.2, -0.15) is 0 Å². The van der Waals surface area contributed by atoms with Gasteiger partial charge in [-0.25, -0.2) is 9.97 Å². The van der Waals surface area contributed by atoms with Crippen molar-refractivity contribution in [1.29, 1.82) is 5.41 Å². The number of nitrogen functional groups attached to an aromatic ring is 1. The van der Waals surface area contributed by atoms with E-state index in [0.717, 1.165) is 12.2 Å². The first-order chi connectivity index (χ1) is 9.08. The summed E-state index contributed by atoms with van der Waals surface area (Å²) in [6, 6.07) is 4.53. The predicted octanol–water partition coefficient (Wildman–Crippen LogP) is 1.89. The van der Waals surface area contributed by atoms with Crippen LogP contribution in [0.2, 0.25) is 0 Å². The van der Waals surface area contributed by atoms with Gasteiger partial charge in [0.05, 0.1) is 12.4 Å². The lowest BCUT2D eigenvalue weighted by Gasteiger charge is -2.25. The summed E-state index contributed by atoms with van der Waals surface area (Å²) in [4.78, 5) is 11.9. The highest BCUT2D eigenvalue weighted by Crippen LogP contribution is 2.17. The number of thiophene rings is 1. The van der Waals surface area contributed by atoms with Gasteiger partial charge in [0, 0.05) is 24.4 Å². The Kier molecular flexibility index (Phi) is 4.11. The van der Waals surface area contributed by atoms with Crippen LogP contribution in [0.1, 0.15) is 17.5 Å². The molecule has 0 amide bonds. The molecule has 100 valence electrons.